The maximum atomic E-state index is 8.44. The van der Waals surface area contributed by atoms with Gasteiger partial charge in [0.25, 0.3) is 0 Å². The Kier molecular flexibility index (Phi) is 140. The molecule has 0 amide bonds. The summed E-state index contributed by atoms with van der Waals surface area (Å²) in [6.45, 7) is 0. The topological polar surface area (TPSA) is 120 Å². The van der Waals surface area contributed by atoms with Crippen molar-refractivity contribution in [3.05, 3.63) is 0 Å². The minimum absolute atomic E-state index is 0. The van der Waals surface area contributed by atoms with Crippen molar-refractivity contribution in [2.45, 2.75) is 0 Å². The standard InChI is InChI=1S/CH2O3.K.2Na.2H2O/c2-1(3)4;;;;;/h(H2,2,3,4);;;;2*1H2/q;3*+1;;/p-3. The van der Waals surface area contributed by atoms with Crippen molar-refractivity contribution in [3.63, 3.8) is 0 Å². The Morgan fingerprint density at radius 1 is 1.22 bits per heavy atom. The van der Waals surface area contributed by atoms with Crippen LogP contribution in [0.25, 0.3) is 0 Å². The summed E-state index contributed by atoms with van der Waals surface area (Å²) in [6.07, 6.45) is -2.08. The van der Waals surface area contributed by atoms with E-state index in [1.807, 2.05) is 0 Å². The summed E-state index contributed by atoms with van der Waals surface area (Å²) >= 11 is 0. The molecule has 0 aliphatic carbocycles. The average molecular weight is 180 g/mol. The van der Waals surface area contributed by atoms with E-state index in [0.717, 1.165) is 0 Å². The van der Waals surface area contributed by atoms with E-state index >= 15 is 0 Å². The molecule has 0 fully saturated rings. The summed E-state index contributed by atoms with van der Waals surface area (Å²) in [5, 5.41) is 15.3. The number of hydrogen-bond donors (Lipinski definition) is 1. The molecule has 0 rings (SSSR count). The summed E-state index contributed by atoms with van der Waals surface area (Å²) in [5.41, 5.74) is 0. The minimum atomic E-state index is -2.08. The van der Waals surface area contributed by atoms with Crippen molar-refractivity contribution < 1.29 is 136 Å². The molecule has 0 atom stereocenters. The molecule has 5 nitrogen and oxygen atoms in total. The van der Waals surface area contributed by atoms with E-state index in [9.17, 15) is 0 Å². The first kappa shape index (κ1) is 40.8. The van der Waals surface area contributed by atoms with E-state index in [0.29, 0.717) is 0 Å². The largest absolute Gasteiger partial charge is 1.00 e. The molecule has 0 unspecified atom stereocenters. The van der Waals surface area contributed by atoms with Gasteiger partial charge in [-0.05, 0) is 0 Å². The molecule has 0 aliphatic rings. The van der Waals surface area contributed by atoms with Gasteiger partial charge in [-0.25, -0.2) is 0 Å². The number of carbonyl (C=O) groups is 1. The Bertz CT molecular complexity index is 37.9. The van der Waals surface area contributed by atoms with Gasteiger partial charge in [0.15, 0.2) is 0 Å². The van der Waals surface area contributed by atoms with Gasteiger partial charge in [0.2, 0.25) is 6.16 Å². The Morgan fingerprint density at radius 3 is 1.22 bits per heavy atom. The number of hydrogen-bond acceptors (Lipinski definition) is 4. The Hall–Kier alpha value is 2.83. The van der Waals surface area contributed by atoms with Crippen LogP contribution >= 0.6 is 0 Å². The van der Waals surface area contributed by atoms with Gasteiger partial charge in [-0.2, -0.15) is 0 Å². The third-order valence-corrected chi connectivity index (χ3v) is 0. The molecule has 0 aromatic carbocycles. The fourth-order valence-electron chi connectivity index (χ4n) is 0. The van der Waals surface area contributed by atoms with Crippen LogP contribution in [0.3, 0.4) is 0 Å². The fraction of sp³-hybridized carbons (Fsp3) is 0. The molecular formula is CH3KNa2O5. The Morgan fingerprint density at radius 2 is 1.22 bits per heavy atom. The van der Waals surface area contributed by atoms with Crippen LogP contribution < -0.4 is 116 Å². The molecular weight excluding hydrogens is 177 g/mol. The molecule has 0 aromatic heterocycles. The molecule has 0 aliphatic heterocycles. The van der Waals surface area contributed by atoms with Crippen LogP contribution in [0.2, 0.25) is 0 Å². The Labute approximate surface area is 139 Å². The molecule has 3 N–H and O–H groups in total. The van der Waals surface area contributed by atoms with Crippen LogP contribution in [0.5, 0.6) is 0 Å². The first-order valence-corrected chi connectivity index (χ1v) is 0.632. The average Bonchev–Trinajstić information content (AvgIpc) is 0.811. The first-order valence-electron chi connectivity index (χ1n) is 0.632. The predicted octanol–water partition coefficient (Wildman–Crippen LogP) is -10.5. The van der Waals surface area contributed by atoms with Gasteiger partial charge in [0, 0.05) is 0 Å². The third kappa shape index (κ3) is 106. The molecule has 0 saturated heterocycles. The van der Waals surface area contributed by atoms with Crippen LogP contribution in [0, 0.1) is 0 Å². The molecule has 0 spiro atoms. The summed E-state index contributed by atoms with van der Waals surface area (Å²) in [7, 11) is 0. The van der Waals surface area contributed by atoms with Gasteiger partial charge in [-0.3, -0.25) is 0 Å². The van der Waals surface area contributed by atoms with Crippen molar-refractivity contribution in [1.29, 1.82) is 0 Å². The van der Waals surface area contributed by atoms with Crippen LogP contribution in [0.4, 0.5) is 4.79 Å². The smallest absolute Gasteiger partial charge is 0.870 e. The van der Waals surface area contributed by atoms with Gasteiger partial charge in [0.1, 0.15) is 0 Å². The van der Waals surface area contributed by atoms with E-state index < -0.39 is 6.16 Å². The second-order valence-electron chi connectivity index (χ2n) is 0.266. The van der Waals surface area contributed by atoms with Gasteiger partial charge in [-0.1, -0.05) is 0 Å². The molecule has 40 valence electrons. The molecule has 0 aromatic rings. The molecule has 0 bridgehead atoms. The SMILES string of the molecule is O=C([O-])O.[K+].[Na+].[Na+].[OH-].[OH-]. The second-order valence-corrected chi connectivity index (χ2v) is 0.266. The van der Waals surface area contributed by atoms with Crippen LogP contribution in [0.1, 0.15) is 0 Å². The first-order chi connectivity index (χ1) is 1.73. The molecule has 8 heteroatoms. The second kappa shape index (κ2) is 30.8. The van der Waals surface area contributed by atoms with E-state index in [1.165, 1.54) is 0 Å². The fourth-order valence-corrected chi connectivity index (χ4v) is 0. The zero-order chi connectivity index (χ0) is 3.58. The maximum Gasteiger partial charge on any atom is 1.00 e. The van der Waals surface area contributed by atoms with Crippen molar-refractivity contribution >= 4 is 6.16 Å². The van der Waals surface area contributed by atoms with Gasteiger partial charge in [-0.15, -0.1) is 0 Å². The van der Waals surface area contributed by atoms with E-state index in [2.05, 4.69) is 0 Å². The zero-order valence-corrected chi connectivity index (χ0v) is 12.8. The summed E-state index contributed by atoms with van der Waals surface area (Å²) in [4.78, 5) is 8.44. The van der Waals surface area contributed by atoms with E-state index in [4.69, 9.17) is 15.0 Å². The van der Waals surface area contributed by atoms with Gasteiger partial charge in [0.05, 0.1) is 0 Å². The summed E-state index contributed by atoms with van der Waals surface area (Å²) < 4.78 is 0. The maximum absolute atomic E-state index is 8.44. The monoisotopic (exact) mass is 180 g/mol. The van der Waals surface area contributed by atoms with Crippen molar-refractivity contribution in [2.75, 3.05) is 0 Å². The normalized spacial score (nSPS) is 2.67. The van der Waals surface area contributed by atoms with Crippen molar-refractivity contribution in [1.82, 2.24) is 0 Å². The minimum Gasteiger partial charge on any atom is -0.870 e. The van der Waals surface area contributed by atoms with Gasteiger partial charge < -0.3 is 26.0 Å². The van der Waals surface area contributed by atoms with E-state index in [-0.39, 0.29) is 121 Å². The van der Waals surface area contributed by atoms with Crippen LogP contribution in [-0.4, -0.2) is 22.2 Å². The quantitative estimate of drug-likeness (QED) is 0.371. The third-order valence-electron chi connectivity index (χ3n) is 0. The number of carboxylic acid groups (broad SMARTS) is 2. The predicted molar refractivity (Wildman–Crippen MR) is 11.9 cm³/mol. The molecule has 0 radical (unpaired) electrons. The van der Waals surface area contributed by atoms with Crippen LogP contribution in [0.15, 0.2) is 0 Å². The number of rotatable bonds is 0. The molecule has 9 heavy (non-hydrogen) atoms. The van der Waals surface area contributed by atoms with Crippen molar-refractivity contribution in [3.8, 4) is 0 Å². The molecule has 0 heterocycles. The summed E-state index contributed by atoms with van der Waals surface area (Å²) in [6, 6.07) is 0. The Balaban J connectivity index is -0.00000000450. The van der Waals surface area contributed by atoms with Gasteiger partial charge >= 0.3 is 110 Å². The summed E-state index contributed by atoms with van der Waals surface area (Å²) in [5.74, 6) is 0. The molecule has 0 saturated carbocycles. The van der Waals surface area contributed by atoms with Crippen LogP contribution in [-0.2, 0) is 0 Å². The zero-order valence-electron chi connectivity index (χ0n) is 5.66. The van der Waals surface area contributed by atoms with E-state index in [1.54, 1.807) is 0 Å². The van der Waals surface area contributed by atoms with Crippen molar-refractivity contribution in [2.24, 2.45) is 0 Å².